The Kier molecular flexibility index (Phi) is 6.98. The van der Waals surface area contributed by atoms with Crippen molar-refractivity contribution in [3.05, 3.63) is 41.0 Å². The van der Waals surface area contributed by atoms with Gasteiger partial charge < -0.3 is 15.1 Å². The highest BCUT2D eigenvalue weighted by Gasteiger charge is 2.29. The molecule has 2 heterocycles. The first-order valence-electron chi connectivity index (χ1n) is 10.4. The lowest BCUT2D eigenvalue weighted by molar-refractivity contribution is -0.126. The number of pyridine rings is 1. The highest BCUT2D eigenvalue weighted by molar-refractivity contribution is 6.29. The zero-order valence-electron chi connectivity index (χ0n) is 18.2. The van der Waals surface area contributed by atoms with E-state index in [-0.39, 0.29) is 23.1 Å². The average Bonchev–Trinajstić information content (AvgIpc) is 2.70. The van der Waals surface area contributed by atoms with Crippen molar-refractivity contribution in [2.45, 2.75) is 26.7 Å². The molecule has 1 aromatic heterocycles. The number of amides is 2. The van der Waals surface area contributed by atoms with Gasteiger partial charge in [0, 0.05) is 43.0 Å². The van der Waals surface area contributed by atoms with E-state index < -0.39 is 0 Å². The Morgan fingerprint density at radius 2 is 1.90 bits per heavy atom. The van der Waals surface area contributed by atoms with Gasteiger partial charge in [0.25, 0.3) is 5.91 Å². The Labute approximate surface area is 183 Å². The van der Waals surface area contributed by atoms with E-state index in [1.54, 1.807) is 12.1 Å². The number of rotatable bonds is 6. The molecular weight excluding hydrogens is 400 g/mol. The van der Waals surface area contributed by atoms with Gasteiger partial charge in [-0.2, -0.15) is 0 Å². The van der Waals surface area contributed by atoms with Crippen LogP contribution in [0.15, 0.2) is 30.3 Å². The molecule has 30 heavy (non-hydrogen) atoms. The molecule has 162 valence electrons. The van der Waals surface area contributed by atoms with E-state index in [4.69, 9.17) is 11.6 Å². The number of hydrogen-bond donors (Lipinski definition) is 1. The fourth-order valence-electron chi connectivity index (χ4n) is 4.14. The van der Waals surface area contributed by atoms with Crippen molar-refractivity contribution in [3.63, 3.8) is 0 Å². The lowest BCUT2D eigenvalue weighted by Gasteiger charge is -2.33. The fraction of sp³-hybridized carbons (Fsp3) is 0.522. The van der Waals surface area contributed by atoms with Crippen LogP contribution in [-0.2, 0) is 4.79 Å². The molecule has 6 nitrogen and oxygen atoms in total. The zero-order chi connectivity index (χ0) is 21.9. The third-order valence-corrected chi connectivity index (χ3v) is 5.75. The maximum atomic E-state index is 12.9. The van der Waals surface area contributed by atoms with Crippen LogP contribution in [0.1, 0.15) is 37.0 Å². The average molecular weight is 431 g/mol. The number of aromatic nitrogens is 1. The van der Waals surface area contributed by atoms with E-state index in [9.17, 15) is 9.59 Å². The van der Waals surface area contributed by atoms with E-state index in [0.29, 0.717) is 43.2 Å². The quantitative estimate of drug-likeness (QED) is 0.713. The Hall–Kier alpha value is -2.18. The van der Waals surface area contributed by atoms with Crippen LogP contribution < -0.4 is 5.32 Å². The van der Waals surface area contributed by atoms with Crippen LogP contribution in [0.5, 0.6) is 0 Å². The minimum atomic E-state index is -0.0350. The Balaban J connectivity index is 1.54. The fourth-order valence-corrected chi connectivity index (χ4v) is 4.30. The number of halogens is 1. The third kappa shape index (κ3) is 5.70. The van der Waals surface area contributed by atoms with Gasteiger partial charge in [-0.15, -0.1) is 0 Å². The van der Waals surface area contributed by atoms with Gasteiger partial charge in [-0.05, 0) is 62.7 Å². The van der Waals surface area contributed by atoms with E-state index in [1.165, 1.54) is 0 Å². The summed E-state index contributed by atoms with van der Waals surface area (Å²) in [6, 6.07) is 9.06. The van der Waals surface area contributed by atoms with Crippen LogP contribution in [0.4, 0.5) is 0 Å². The van der Waals surface area contributed by atoms with Gasteiger partial charge in [-0.1, -0.05) is 25.4 Å². The van der Waals surface area contributed by atoms with Crippen molar-refractivity contribution in [2.75, 3.05) is 40.3 Å². The van der Waals surface area contributed by atoms with Gasteiger partial charge in [-0.25, -0.2) is 4.98 Å². The summed E-state index contributed by atoms with van der Waals surface area (Å²) in [6.07, 6.45) is 1.38. The number of hydrogen-bond acceptors (Lipinski definition) is 4. The highest BCUT2D eigenvalue weighted by Crippen LogP contribution is 2.22. The van der Waals surface area contributed by atoms with Crippen molar-refractivity contribution < 1.29 is 9.59 Å². The summed E-state index contributed by atoms with van der Waals surface area (Å²) < 4.78 is 0. The van der Waals surface area contributed by atoms with Crippen molar-refractivity contribution >= 4 is 34.3 Å². The minimum Gasteiger partial charge on any atom is -0.355 e. The summed E-state index contributed by atoms with van der Waals surface area (Å²) in [5.74, 6) is 0.0626. The molecule has 0 spiro atoms. The van der Waals surface area contributed by atoms with Gasteiger partial charge in [0.2, 0.25) is 5.91 Å². The van der Waals surface area contributed by atoms with Crippen LogP contribution >= 0.6 is 11.6 Å². The summed E-state index contributed by atoms with van der Waals surface area (Å²) >= 11 is 5.93. The number of nitrogens with zero attached hydrogens (tertiary/aromatic N) is 3. The first-order valence-corrected chi connectivity index (χ1v) is 10.8. The molecule has 0 bridgehead atoms. The van der Waals surface area contributed by atoms with E-state index >= 15 is 0 Å². The van der Waals surface area contributed by atoms with Crippen LogP contribution in [0.2, 0.25) is 5.15 Å². The Morgan fingerprint density at radius 1 is 1.20 bits per heavy atom. The predicted molar refractivity (Wildman–Crippen MR) is 121 cm³/mol. The molecule has 1 aliphatic rings. The SMILES string of the molecule is CN(C)CC(C)(C)CNC(=O)C1CCN(C(=O)c2ccc3nc(Cl)ccc3c2)CC1. The Morgan fingerprint density at radius 3 is 2.57 bits per heavy atom. The van der Waals surface area contributed by atoms with E-state index in [2.05, 4.69) is 29.0 Å². The first kappa shape index (κ1) is 22.5. The maximum Gasteiger partial charge on any atom is 0.253 e. The monoisotopic (exact) mass is 430 g/mol. The molecule has 2 amide bonds. The standard InChI is InChI=1S/C23H31ClN4O2/c1-23(2,15-27(3)4)14-25-21(29)16-9-11-28(12-10-16)22(30)18-5-7-19-17(13-18)6-8-20(24)26-19/h5-8,13,16H,9-12,14-15H2,1-4H3,(H,25,29). The second-order valence-corrected chi connectivity index (χ2v) is 9.61. The van der Waals surface area contributed by atoms with Gasteiger partial charge >= 0.3 is 0 Å². The van der Waals surface area contributed by atoms with Crippen LogP contribution in [0, 0.1) is 11.3 Å². The summed E-state index contributed by atoms with van der Waals surface area (Å²) in [5.41, 5.74) is 1.43. The molecule has 1 fully saturated rings. The summed E-state index contributed by atoms with van der Waals surface area (Å²) in [4.78, 5) is 33.8. The van der Waals surface area contributed by atoms with Gasteiger partial charge in [0.05, 0.1) is 5.52 Å². The highest BCUT2D eigenvalue weighted by atomic mass is 35.5. The first-order chi connectivity index (χ1) is 14.1. The van der Waals surface area contributed by atoms with Crippen LogP contribution in [0.3, 0.4) is 0 Å². The molecule has 1 saturated heterocycles. The van der Waals surface area contributed by atoms with Gasteiger partial charge in [0.15, 0.2) is 0 Å². The molecule has 2 aromatic rings. The normalized spacial score (nSPS) is 15.6. The lowest BCUT2D eigenvalue weighted by atomic mass is 9.91. The van der Waals surface area contributed by atoms with Crippen molar-refractivity contribution in [1.29, 1.82) is 0 Å². The number of carbonyl (C=O) groups excluding carboxylic acids is 2. The second-order valence-electron chi connectivity index (χ2n) is 9.23. The minimum absolute atomic E-state index is 0.00201. The molecular formula is C23H31ClN4O2. The largest absolute Gasteiger partial charge is 0.355 e. The maximum absolute atomic E-state index is 12.9. The molecule has 1 aliphatic heterocycles. The van der Waals surface area contributed by atoms with E-state index in [1.807, 2.05) is 37.2 Å². The van der Waals surface area contributed by atoms with Crippen molar-refractivity contribution in [2.24, 2.45) is 11.3 Å². The van der Waals surface area contributed by atoms with Crippen molar-refractivity contribution in [1.82, 2.24) is 20.1 Å². The lowest BCUT2D eigenvalue weighted by Crippen LogP contribution is -2.46. The van der Waals surface area contributed by atoms with Crippen LogP contribution in [-0.4, -0.2) is 66.9 Å². The predicted octanol–water partition coefficient (Wildman–Crippen LogP) is 3.44. The molecule has 7 heteroatoms. The number of benzene rings is 1. The molecule has 0 saturated carbocycles. The van der Waals surface area contributed by atoms with Gasteiger partial charge in [0.1, 0.15) is 5.15 Å². The molecule has 0 radical (unpaired) electrons. The van der Waals surface area contributed by atoms with Gasteiger partial charge in [-0.3, -0.25) is 9.59 Å². The molecule has 1 N–H and O–H groups in total. The van der Waals surface area contributed by atoms with Crippen LogP contribution in [0.25, 0.3) is 10.9 Å². The molecule has 0 unspecified atom stereocenters. The smallest absolute Gasteiger partial charge is 0.253 e. The van der Waals surface area contributed by atoms with Crippen molar-refractivity contribution in [3.8, 4) is 0 Å². The number of fused-ring (bicyclic) bond motifs is 1. The number of carbonyl (C=O) groups is 2. The summed E-state index contributed by atoms with van der Waals surface area (Å²) in [6.45, 7) is 7.05. The zero-order valence-corrected chi connectivity index (χ0v) is 19.0. The molecule has 0 aliphatic carbocycles. The number of likely N-dealkylation sites (tertiary alicyclic amines) is 1. The molecule has 1 aromatic carbocycles. The number of nitrogens with one attached hydrogen (secondary N) is 1. The summed E-state index contributed by atoms with van der Waals surface area (Å²) in [5, 5.41) is 4.44. The topological polar surface area (TPSA) is 65.5 Å². The molecule has 3 rings (SSSR count). The number of piperidine rings is 1. The molecule has 0 atom stereocenters. The Bertz CT molecular complexity index is 921. The third-order valence-electron chi connectivity index (χ3n) is 5.54. The van der Waals surface area contributed by atoms with E-state index in [0.717, 1.165) is 17.4 Å². The summed E-state index contributed by atoms with van der Waals surface area (Å²) in [7, 11) is 4.08. The second kappa shape index (κ2) is 9.31.